The number of benzene rings is 1. The van der Waals surface area contributed by atoms with Crippen molar-refractivity contribution < 1.29 is 4.79 Å². The number of rotatable bonds is 2. The Kier molecular flexibility index (Phi) is 3.50. The topological polar surface area (TPSA) is 54.9 Å². The summed E-state index contributed by atoms with van der Waals surface area (Å²) in [5, 5.41) is 11.3. The van der Waals surface area contributed by atoms with Crippen molar-refractivity contribution in [3.05, 3.63) is 71.4 Å². The van der Waals surface area contributed by atoms with E-state index in [2.05, 4.69) is 33.7 Å². The molecule has 0 spiro atoms. The van der Waals surface area contributed by atoms with Crippen LogP contribution in [-0.2, 0) is 6.42 Å². The Morgan fingerprint density at radius 3 is 2.78 bits per heavy atom. The molecule has 1 aromatic carbocycles. The molecule has 23 heavy (non-hydrogen) atoms. The lowest BCUT2D eigenvalue weighted by atomic mass is 9.87. The van der Waals surface area contributed by atoms with E-state index in [4.69, 9.17) is 0 Å². The maximum absolute atomic E-state index is 12.7. The van der Waals surface area contributed by atoms with Crippen molar-refractivity contribution in [1.29, 1.82) is 0 Å². The predicted octanol–water partition coefficient (Wildman–Crippen LogP) is 3.39. The highest BCUT2D eigenvalue weighted by molar-refractivity contribution is 5.99. The van der Waals surface area contributed by atoms with E-state index in [0.29, 0.717) is 5.69 Å². The summed E-state index contributed by atoms with van der Waals surface area (Å²) in [7, 11) is 0. The smallest absolute Gasteiger partial charge is 0.272 e. The highest BCUT2D eigenvalue weighted by atomic mass is 16.2. The molecule has 0 saturated carbocycles. The van der Waals surface area contributed by atoms with E-state index in [-0.39, 0.29) is 11.9 Å². The predicted molar refractivity (Wildman–Crippen MR) is 88.2 cm³/mol. The molecule has 4 nitrogen and oxygen atoms in total. The Hall–Kier alpha value is -2.75. The van der Waals surface area contributed by atoms with Crippen LogP contribution in [0.3, 0.4) is 0 Å². The van der Waals surface area contributed by atoms with Gasteiger partial charge in [-0.05, 0) is 36.5 Å². The molecule has 4 heteroatoms. The second kappa shape index (κ2) is 5.80. The summed E-state index contributed by atoms with van der Waals surface area (Å²) in [6, 6.07) is 17.9. The summed E-state index contributed by atoms with van der Waals surface area (Å²) < 4.78 is 0. The van der Waals surface area contributed by atoms with Crippen molar-refractivity contribution in [2.45, 2.75) is 25.3 Å². The van der Waals surface area contributed by atoms with Crippen LogP contribution in [0, 0.1) is 0 Å². The zero-order valence-electron chi connectivity index (χ0n) is 12.7. The van der Waals surface area contributed by atoms with Crippen LogP contribution in [0.25, 0.3) is 11.3 Å². The molecular formula is C19H17N3O. The molecule has 0 radical (unpaired) electrons. The molecule has 1 N–H and O–H groups in total. The number of carbonyl (C=O) groups is 1. The maximum Gasteiger partial charge on any atom is 0.272 e. The third kappa shape index (κ3) is 2.57. The van der Waals surface area contributed by atoms with Crippen LogP contribution in [0.2, 0.25) is 0 Å². The van der Waals surface area contributed by atoms with Gasteiger partial charge < -0.3 is 5.32 Å². The Balaban J connectivity index is 1.62. The number of aryl methyl sites for hydroxylation is 1. The normalized spacial score (nSPS) is 16.8. The number of hydrogen-bond donors (Lipinski definition) is 1. The molecule has 1 amide bonds. The number of amides is 1. The minimum Gasteiger partial charge on any atom is -0.344 e. The van der Waals surface area contributed by atoms with Crippen molar-refractivity contribution >= 4 is 5.91 Å². The summed E-state index contributed by atoms with van der Waals surface area (Å²) in [6.45, 7) is 0. The monoisotopic (exact) mass is 303 g/mol. The number of nitrogens with one attached hydrogen (secondary N) is 1. The molecule has 2 aliphatic carbocycles. The maximum atomic E-state index is 12.7. The van der Waals surface area contributed by atoms with Crippen LogP contribution in [0.15, 0.2) is 54.6 Å². The third-order valence-electron chi connectivity index (χ3n) is 4.42. The SMILES string of the molecule is O=C(NC1CCCc2ccccc21)c1nnc2cccccc1-2. The number of carbonyl (C=O) groups excluding carboxylic acids is 1. The largest absolute Gasteiger partial charge is 0.344 e. The van der Waals surface area contributed by atoms with Gasteiger partial charge in [-0.1, -0.05) is 48.5 Å². The Morgan fingerprint density at radius 2 is 1.83 bits per heavy atom. The van der Waals surface area contributed by atoms with E-state index >= 15 is 0 Å². The molecule has 0 bridgehead atoms. The molecule has 4 rings (SSSR count). The average molecular weight is 303 g/mol. The number of fused-ring (bicyclic) bond motifs is 2. The van der Waals surface area contributed by atoms with Gasteiger partial charge in [-0.25, -0.2) is 0 Å². The van der Waals surface area contributed by atoms with Crippen molar-refractivity contribution in [3.8, 4) is 11.3 Å². The van der Waals surface area contributed by atoms with E-state index in [1.807, 2.05) is 36.4 Å². The molecule has 1 aromatic rings. The van der Waals surface area contributed by atoms with Crippen molar-refractivity contribution in [1.82, 2.24) is 15.5 Å². The first-order chi connectivity index (χ1) is 11.3. The second-order valence-corrected chi connectivity index (χ2v) is 5.88. The van der Waals surface area contributed by atoms with Gasteiger partial charge in [0, 0.05) is 5.56 Å². The van der Waals surface area contributed by atoms with Crippen molar-refractivity contribution in [2.24, 2.45) is 0 Å². The van der Waals surface area contributed by atoms with Gasteiger partial charge in [-0.3, -0.25) is 4.79 Å². The zero-order chi connectivity index (χ0) is 15.6. The highest BCUT2D eigenvalue weighted by Crippen LogP contribution is 2.30. The Morgan fingerprint density at radius 1 is 1.00 bits per heavy atom. The molecule has 0 saturated heterocycles. The number of nitrogens with zero attached hydrogens (tertiary/aromatic N) is 2. The molecular weight excluding hydrogens is 286 g/mol. The van der Waals surface area contributed by atoms with Crippen LogP contribution in [0.4, 0.5) is 0 Å². The van der Waals surface area contributed by atoms with Crippen LogP contribution < -0.4 is 5.32 Å². The number of aromatic nitrogens is 2. The lowest BCUT2D eigenvalue weighted by molar-refractivity contribution is 0.0928. The molecule has 0 fully saturated rings. The summed E-state index contributed by atoms with van der Waals surface area (Å²) in [5.41, 5.74) is 4.48. The fourth-order valence-corrected chi connectivity index (χ4v) is 3.28. The van der Waals surface area contributed by atoms with Gasteiger partial charge in [-0.2, -0.15) is 0 Å². The fraction of sp³-hybridized carbons (Fsp3) is 0.211. The van der Waals surface area contributed by atoms with Crippen LogP contribution in [-0.4, -0.2) is 16.1 Å². The Labute approximate surface area is 134 Å². The number of hydrogen-bond acceptors (Lipinski definition) is 3. The van der Waals surface area contributed by atoms with E-state index in [1.165, 1.54) is 11.1 Å². The fourth-order valence-electron chi connectivity index (χ4n) is 3.28. The quantitative estimate of drug-likeness (QED) is 0.789. The molecule has 114 valence electrons. The van der Waals surface area contributed by atoms with Gasteiger partial charge >= 0.3 is 0 Å². The first-order valence-electron chi connectivity index (χ1n) is 7.93. The van der Waals surface area contributed by atoms with Gasteiger partial charge in [0.2, 0.25) is 0 Å². The van der Waals surface area contributed by atoms with Crippen molar-refractivity contribution in [3.63, 3.8) is 0 Å². The molecule has 1 heterocycles. The second-order valence-electron chi connectivity index (χ2n) is 5.88. The van der Waals surface area contributed by atoms with Gasteiger partial charge in [0.05, 0.1) is 11.7 Å². The van der Waals surface area contributed by atoms with E-state index in [1.54, 1.807) is 0 Å². The molecule has 1 aliphatic heterocycles. The van der Waals surface area contributed by atoms with Crippen molar-refractivity contribution in [2.75, 3.05) is 0 Å². The van der Waals surface area contributed by atoms with Crippen LogP contribution >= 0.6 is 0 Å². The summed E-state index contributed by atoms with van der Waals surface area (Å²) in [6.07, 6.45) is 3.13. The van der Waals surface area contributed by atoms with Gasteiger partial charge in [0.1, 0.15) is 0 Å². The molecule has 0 aromatic heterocycles. The van der Waals surface area contributed by atoms with E-state index in [9.17, 15) is 4.79 Å². The van der Waals surface area contributed by atoms with Gasteiger partial charge in [0.15, 0.2) is 5.69 Å². The Bertz CT molecular complexity index is 830. The molecule has 3 aliphatic rings. The van der Waals surface area contributed by atoms with E-state index < -0.39 is 0 Å². The minimum atomic E-state index is -0.152. The third-order valence-corrected chi connectivity index (χ3v) is 4.42. The molecule has 1 unspecified atom stereocenters. The first-order valence-corrected chi connectivity index (χ1v) is 7.93. The van der Waals surface area contributed by atoms with E-state index in [0.717, 1.165) is 30.5 Å². The average Bonchev–Trinajstić information content (AvgIpc) is 2.84. The lowest BCUT2D eigenvalue weighted by Gasteiger charge is -2.26. The van der Waals surface area contributed by atoms with Gasteiger partial charge in [-0.15, -0.1) is 10.2 Å². The summed E-state index contributed by atoms with van der Waals surface area (Å²) in [5.74, 6) is -0.152. The van der Waals surface area contributed by atoms with Crippen LogP contribution in [0.1, 0.15) is 40.5 Å². The standard InChI is InChI=1S/C19H17N3O/c23-19(18-15-10-2-1-3-11-17(15)21-22-18)20-16-12-6-8-13-7-4-5-9-14(13)16/h1-5,7,9-11,16H,6,8,12H2,(H,20,23). The first kappa shape index (κ1) is 13.9. The minimum absolute atomic E-state index is 0.0525. The van der Waals surface area contributed by atoms with Crippen LogP contribution in [0.5, 0.6) is 0 Å². The zero-order valence-corrected chi connectivity index (χ0v) is 12.7. The summed E-state index contributed by atoms with van der Waals surface area (Å²) in [4.78, 5) is 12.7. The summed E-state index contributed by atoms with van der Waals surface area (Å²) >= 11 is 0. The lowest BCUT2D eigenvalue weighted by Crippen LogP contribution is -2.31. The molecule has 1 atom stereocenters. The highest BCUT2D eigenvalue weighted by Gasteiger charge is 2.25. The van der Waals surface area contributed by atoms with Gasteiger partial charge in [0.25, 0.3) is 5.91 Å².